The molecule has 1 aromatic rings. The van der Waals surface area contributed by atoms with Gasteiger partial charge in [0.15, 0.2) is 11.6 Å². The molecule has 1 aromatic carbocycles. The highest BCUT2D eigenvalue weighted by atomic mass is 16.3. The van der Waals surface area contributed by atoms with E-state index in [2.05, 4.69) is 44.1 Å². The Bertz CT molecular complexity index is 1920. The second-order valence-corrected chi connectivity index (χ2v) is 20.6. The molecule has 0 bridgehead atoms. The monoisotopic (exact) mass is 1040 g/mol. The van der Waals surface area contributed by atoms with Gasteiger partial charge in [0.25, 0.3) is 0 Å². The number of aliphatic hydroxyl groups excluding tert-OH is 1. The van der Waals surface area contributed by atoms with Crippen molar-refractivity contribution in [3.63, 3.8) is 0 Å². The molecule has 1 saturated heterocycles. The Morgan fingerprint density at radius 2 is 1.12 bits per heavy atom. The van der Waals surface area contributed by atoms with E-state index in [1.165, 1.54) is 0 Å². The Morgan fingerprint density at radius 3 is 1.68 bits per heavy atom. The second-order valence-electron chi connectivity index (χ2n) is 20.6. The quantitative estimate of drug-likeness (QED) is 0.0560. The minimum absolute atomic E-state index is 0.00430. The van der Waals surface area contributed by atoms with Gasteiger partial charge in [-0.15, -0.1) is 0 Å². The summed E-state index contributed by atoms with van der Waals surface area (Å²) in [5.74, 6) is -8.30. The number of nitrogens with two attached hydrogens (primary N) is 4. The number of amides is 7. The maximum atomic E-state index is 14.5. The summed E-state index contributed by atoms with van der Waals surface area (Å²) in [6.07, 6.45) is 3.39. The van der Waals surface area contributed by atoms with Gasteiger partial charge in [0, 0.05) is 31.2 Å². The van der Waals surface area contributed by atoms with Crippen LogP contribution in [0.3, 0.4) is 0 Å². The van der Waals surface area contributed by atoms with Gasteiger partial charge in [0.2, 0.25) is 41.4 Å². The highest BCUT2D eigenvalue weighted by Gasteiger charge is 2.36. The van der Waals surface area contributed by atoms with E-state index in [0.29, 0.717) is 12.0 Å². The summed E-state index contributed by atoms with van der Waals surface area (Å²) >= 11 is 0. The van der Waals surface area contributed by atoms with Crippen LogP contribution in [0.4, 0.5) is 0 Å². The fourth-order valence-corrected chi connectivity index (χ4v) is 8.93. The van der Waals surface area contributed by atoms with E-state index < -0.39 is 120 Å². The van der Waals surface area contributed by atoms with Gasteiger partial charge in [-0.3, -0.25) is 43.2 Å². The predicted molar refractivity (Wildman–Crippen MR) is 283 cm³/mol. The van der Waals surface area contributed by atoms with Crippen molar-refractivity contribution in [1.29, 1.82) is 0 Å². The van der Waals surface area contributed by atoms with Crippen LogP contribution in [0, 0.1) is 23.7 Å². The van der Waals surface area contributed by atoms with E-state index in [-0.39, 0.29) is 102 Å². The summed E-state index contributed by atoms with van der Waals surface area (Å²) < 4.78 is 0. The Morgan fingerprint density at radius 1 is 0.622 bits per heavy atom. The summed E-state index contributed by atoms with van der Waals surface area (Å²) in [5.41, 5.74) is 24.4. The van der Waals surface area contributed by atoms with Gasteiger partial charge in [0.1, 0.15) is 24.2 Å². The standard InChI is InChI=1S/C53H91N11O10/c1-6-7-8-9-13-16-38(65)32-47(68)59-39(17-22-54)45(66)30-36-21-26-58-50(71)43(27-33(2)3)64-52(73)42(20-25-57)61-51(72)41(19-24-56)62-53(74)44(28-34(4)5)63-49(70)37(29-35-14-11-10-12-15-35)31-46(67)40(18-23-55)60-48(36)69/h10-12,14-15,33-34,36-44,65H,6-9,13,16-32,54-57H2,1-5H3,(H,58,71)(H,59,68)(H,60,69)(H,61,72)(H,62,74)(H,63,70)(H,64,73)/t36-,37+,38?,39-,40+,41+,42+,43+,44+/m1/s1. The lowest BCUT2D eigenvalue weighted by molar-refractivity contribution is -0.136. The average Bonchev–Trinajstić information content (AvgIpc) is 3.34. The van der Waals surface area contributed by atoms with Crippen molar-refractivity contribution in [2.75, 3.05) is 32.7 Å². The molecule has 0 saturated carbocycles. The molecule has 1 heterocycles. The molecule has 21 nitrogen and oxygen atoms in total. The van der Waals surface area contributed by atoms with E-state index >= 15 is 0 Å². The lowest BCUT2D eigenvalue weighted by Gasteiger charge is -2.28. The maximum absolute atomic E-state index is 14.5. The van der Waals surface area contributed by atoms with E-state index in [0.717, 1.165) is 32.1 Å². The first kappa shape index (κ1) is 64.8. The largest absolute Gasteiger partial charge is 0.393 e. The van der Waals surface area contributed by atoms with E-state index in [9.17, 15) is 48.3 Å². The summed E-state index contributed by atoms with van der Waals surface area (Å²) in [4.78, 5) is 127. The van der Waals surface area contributed by atoms with E-state index in [1.54, 1.807) is 30.3 Å². The van der Waals surface area contributed by atoms with Crippen molar-refractivity contribution < 1.29 is 48.3 Å². The smallest absolute Gasteiger partial charge is 0.243 e. The van der Waals surface area contributed by atoms with Crippen molar-refractivity contribution in [2.45, 2.75) is 186 Å². The highest BCUT2D eigenvalue weighted by Crippen LogP contribution is 2.20. The molecule has 0 radical (unpaired) electrons. The number of carbonyl (C=O) groups is 9. The molecule has 0 aromatic heterocycles. The number of hydrogen-bond donors (Lipinski definition) is 12. The number of carbonyl (C=O) groups excluding carboxylic acids is 9. The molecule has 1 aliphatic heterocycles. The minimum Gasteiger partial charge on any atom is -0.393 e. The zero-order valence-corrected chi connectivity index (χ0v) is 44.7. The van der Waals surface area contributed by atoms with Crippen LogP contribution in [0.25, 0.3) is 0 Å². The molecule has 418 valence electrons. The van der Waals surface area contributed by atoms with Crippen LogP contribution < -0.4 is 60.2 Å². The first-order valence-corrected chi connectivity index (χ1v) is 26.9. The third-order valence-corrected chi connectivity index (χ3v) is 13.0. The molecule has 9 atom stereocenters. The zero-order chi connectivity index (χ0) is 55.2. The van der Waals surface area contributed by atoms with Crippen LogP contribution in [0.1, 0.15) is 143 Å². The van der Waals surface area contributed by atoms with Crippen LogP contribution in [0.5, 0.6) is 0 Å². The summed E-state index contributed by atoms with van der Waals surface area (Å²) in [6.45, 7) is 9.20. The fraction of sp³-hybridized carbons (Fsp3) is 0.717. The summed E-state index contributed by atoms with van der Waals surface area (Å²) in [7, 11) is 0. The predicted octanol–water partition coefficient (Wildman–Crippen LogP) is 0.407. The lowest BCUT2D eigenvalue weighted by Crippen LogP contribution is -2.59. The molecule has 16 N–H and O–H groups in total. The Hall–Kier alpha value is -5.35. The molecule has 0 aliphatic carbocycles. The first-order valence-electron chi connectivity index (χ1n) is 26.9. The van der Waals surface area contributed by atoms with Gasteiger partial charge >= 0.3 is 0 Å². The molecular weight excluding hydrogens is 951 g/mol. The average molecular weight is 1040 g/mol. The van der Waals surface area contributed by atoms with Crippen molar-refractivity contribution in [3.05, 3.63) is 35.9 Å². The third kappa shape index (κ3) is 24.8. The van der Waals surface area contributed by atoms with Crippen molar-refractivity contribution in [2.24, 2.45) is 46.6 Å². The number of hydrogen-bond acceptors (Lipinski definition) is 14. The van der Waals surface area contributed by atoms with Crippen LogP contribution >= 0.6 is 0 Å². The summed E-state index contributed by atoms with van der Waals surface area (Å²) in [5, 5.41) is 29.8. The molecule has 0 spiro atoms. The van der Waals surface area contributed by atoms with Gasteiger partial charge in [-0.1, -0.05) is 97.1 Å². The first-order chi connectivity index (χ1) is 35.3. The van der Waals surface area contributed by atoms with E-state index in [4.69, 9.17) is 22.9 Å². The number of Topliss-reactive ketones (excluding diaryl/α,β-unsaturated/α-hetero) is 2. The number of nitrogens with one attached hydrogen (secondary N) is 7. The van der Waals surface area contributed by atoms with Gasteiger partial charge in [0.05, 0.1) is 24.6 Å². The van der Waals surface area contributed by atoms with Crippen LogP contribution in [0.2, 0.25) is 0 Å². The van der Waals surface area contributed by atoms with Gasteiger partial charge < -0.3 is 65.3 Å². The van der Waals surface area contributed by atoms with Gasteiger partial charge in [-0.2, -0.15) is 0 Å². The van der Waals surface area contributed by atoms with Crippen LogP contribution in [-0.2, 0) is 49.6 Å². The van der Waals surface area contributed by atoms with E-state index in [1.807, 2.05) is 27.7 Å². The molecule has 7 amide bonds. The second kappa shape index (κ2) is 35.8. The summed E-state index contributed by atoms with van der Waals surface area (Å²) in [6, 6.07) is 1.80. The van der Waals surface area contributed by atoms with Gasteiger partial charge in [-0.25, -0.2) is 0 Å². The van der Waals surface area contributed by atoms with Crippen molar-refractivity contribution >= 4 is 52.9 Å². The zero-order valence-electron chi connectivity index (χ0n) is 44.7. The Balaban J connectivity index is 2.68. The number of aliphatic hydroxyl groups is 1. The Labute approximate surface area is 438 Å². The number of benzene rings is 1. The van der Waals surface area contributed by atoms with Crippen LogP contribution in [-0.4, -0.2) is 133 Å². The molecule has 21 heteroatoms. The minimum atomic E-state index is -1.24. The molecular formula is C53H91N11O10. The third-order valence-electron chi connectivity index (χ3n) is 13.0. The number of ketones is 2. The molecule has 1 fully saturated rings. The number of rotatable bonds is 26. The molecule has 1 aliphatic rings. The molecule has 1 unspecified atom stereocenters. The van der Waals surface area contributed by atoms with Crippen molar-refractivity contribution in [1.82, 2.24) is 37.2 Å². The number of unbranched alkanes of at least 4 members (excludes halogenated alkanes) is 4. The normalized spacial score (nSPS) is 23.2. The lowest BCUT2D eigenvalue weighted by atomic mass is 9.89. The van der Waals surface area contributed by atoms with Gasteiger partial charge in [-0.05, 0) is 101 Å². The van der Waals surface area contributed by atoms with Crippen molar-refractivity contribution in [3.8, 4) is 0 Å². The maximum Gasteiger partial charge on any atom is 0.243 e. The molecule has 2 rings (SSSR count). The van der Waals surface area contributed by atoms with Crippen LogP contribution in [0.15, 0.2) is 30.3 Å². The molecule has 74 heavy (non-hydrogen) atoms. The highest BCUT2D eigenvalue weighted by molar-refractivity contribution is 5.98. The SMILES string of the molecule is CCCCCCCC(O)CC(=O)N[C@H](CCN)C(=O)C[C@H]1CCNC(=O)[C@H](CC(C)C)NC(=O)[C@H](CCN)NC(=O)[C@H](CCN)NC(=O)[C@H](CC(C)C)NC(=O)[C@@H](Cc2ccccc2)CC(=O)[C@H](CCN)NC1=O. The Kier molecular flexibility index (Phi) is 31.3. The topological polar surface area (TPSA) is 362 Å². The fourth-order valence-electron chi connectivity index (χ4n) is 8.93.